The number of ether oxygens (including phenoxy) is 1. The van der Waals surface area contributed by atoms with Crippen LogP contribution in [0.15, 0.2) is 30.3 Å². The Morgan fingerprint density at radius 2 is 1.65 bits per heavy atom. The van der Waals surface area contributed by atoms with E-state index >= 15 is 0 Å². The largest absolute Gasteiger partial charge is 0.444 e. The molecule has 31 heavy (non-hydrogen) atoms. The van der Waals surface area contributed by atoms with Gasteiger partial charge in [0, 0.05) is 25.7 Å². The Balaban J connectivity index is 2.03. The van der Waals surface area contributed by atoms with E-state index < -0.39 is 23.0 Å². The first-order valence-corrected chi connectivity index (χ1v) is 10.6. The molecule has 1 aromatic carbocycles. The molecule has 0 radical (unpaired) electrons. The van der Waals surface area contributed by atoms with Crippen molar-refractivity contribution >= 4 is 18.0 Å². The van der Waals surface area contributed by atoms with Gasteiger partial charge in [-0.25, -0.2) is 9.59 Å². The maximum absolute atomic E-state index is 13.3. The molecule has 8 heteroatoms. The summed E-state index contributed by atoms with van der Waals surface area (Å²) in [5.41, 5.74) is 2.02. The number of carbonyl (C=O) groups is 3. The molecule has 1 N–H and O–H groups in total. The number of benzene rings is 1. The van der Waals surface area contributed by atoms with Crippen LogP contribution in [0.4, 0.5) is 4.79 Å². The van der Waals surface area contributed by atoms with E-state index in [2.05, 4.69) is 5.48 Å². The summed E-state index contributed by atoms with van der Waals surface area (Å²) in [6.45, 7) is 14.2. The van der Waals surface area contributed by atoms with Crippen LogP contribution in [-0.4, -0.2) is 65.1 Å². The molecule has 0 saturated carbocycles. The lowest BCUT2D eigenvalue weighted by Crippen LogP contribution is -2.61. The molecule has 2 atom stereocenters. The summed E-state index contributed by atoms with van der Waals surface area (Å²) in [4.78, 5) is 46.6. The molecule has 2 rings (SSSR count). The van der Waals surface area contributed by atoms with Crippen LogP contribution in [0.3, 0.4) is 0 Å². The molecule has 1 fully saturated rings. The van der Waals surface area contributed by atoms with Gasteiger partial charge in [-0.15, -0.1) is 5.48 Å². The molecule has 2 unspecified atom stereocenters. The minimum absolute atomic E-state index is 0.176. The predicted octanol–water partition coefficient (Wildman–Crippen LogP) is 3.23. The van der Waals surface area contributed by atoms with E-state index in [0.29, 0.717) is 25.2 Å². The van der Waals surface area contributed by atoms with Crippen molar-refractivity contribution in [2.75, 3.05) is 19.6 Å². The third kappa shape index (κ3) is 6.95. The fourth-order valence-electron chi connectivity index (χ4n) is 3.29. The van der Waals surface area contributed by atoms with Crippen LogP contribution in [0.25, 0.3) is 0 Å². The zero-order valence-electron chi connectivity index (χ0n) is 19.6. The molecule has 2 amide bonds. The number of rotatable bonds is 4. The van der Waals surface area contributed by atoms with E-state index in [0.717, 1.165) is 0 Å². The fourth-order valence-corrected chi connectivity index (χ4v) is 3.29. The number of nitrogens with zero attached hydrogens (tertiary/aromatic N) is 2. The summed E-state index contributed by atoms with van der Waals surface area (Å²) >= 11 is 0. The number of hydrogen-bond acceptors (Lipinski definition) is 6. The van der Waals surface area contributed by atoms with Crippen LogP contribution >= 0.6 is 0 Å². The zero-order chi connectivity index (χ0) is 23.4. The molecule has 8 nitrogen and oxygen atoms in total. The molecule has 1 aromatic rings. The normalized spacial score (nSPS) is 18.4. The first-order chi connectivity index (χ1) is 14.3. The number of carbonyl (C=O) groups excluding carboxylic acids is 3. The quantitative estimate of drug-likeness (QED) is 0.734. The van der Waals surface area contributed by atoms with Crippen LogP contribution in [0.5, 0.6) is 0 Å². The molecule has 1 aliphatic heterocycles. The zero-order valence-corrected chi connectivity index (χ0v) is 19.6. The second-order valence-corrected chi connectivity index (χ2v) is 9.98. The third-order valence-corrected chi connectivity index (χ3v) is 4.95. The highest BCUT2D eigenvalue weighted by molar-refractivity contribution is 5.89. The van der Waals surface area contributed by atoms with Crippen molar-refractivity contribution in [2.24, 2.45) is 5.41 Å². The molecular weight excluding hydrogens is 398 g/mol. The second kappa shape index (κ2) is 9.68. The van der Waals surface area contributed by atoms with E-state index in [1.54, 1.807) is 34.1 Å². The fraction of sp³-hybridized carbons (Fsp3) is 0.609. The lowest BCUT2D eigenvalue weighted by atomic mass is 9.86. The standard InChI is InChI=1S/C23H35N3O5/c1-16-15-25(21(29)30-23(5,6)7)13-14-26(16)19(27)18(22(2,3)4)24-31-20(28)17-11-9-8-10-12-17/h8-12,16,18,24H,13-15H2,1-7H3. The average molecular weight is 434 g/mol. The summed E-state index contributed by atoms with van der Waals surface area (Å²) in [6.07, 6.45) is -0.381. The second-order valence-electron chi connectivity index (χ2n) is 9.98. The van der Waals surface area contributed by atoms with Crippen molar-refractivity contribution in [1.82, 2.24) is 15.3 Å². The van der Waals surface area contributed by atoms with Gasteiger partial charge in [-0.2, -0.15) is 0 Å². The van der Waals surface area contributed by atoms with E-state index in [9.17, 15) is 14.4 Å². The van der Waals surface area contributed by atoms with Gasteiger partial charge in [0.05, 0.1) is 5.56 Å². The molecule has 1 heterocycles. The summed E-state index contributed by atoms with van der Waals surface area (Å²) in [7, 11) is 0. The number of nitrogens with one attached hydrogen (secondary N) is 1. The summed E-state index contributed by atoms with van der Waals surface area (Å²) in [6, 6.07) is 7.65. The highest BCUT2D eigenvalue weighted by atomic mass is 16.7. The minimum Gasteiger partial charge on any atom is -0.444 e. The van der Waals surface area contributed by atoms with Crippen molar-refractivity contribution in [1.29, 1.82) is 0 Å². The monoisotopic (exact) mass is 433 g/mol. The van der Waals surface area contributed by atoms with E-state index in [4.69, 9.17) is 9.57 Å². The highest BCUT2D eigenvalue weighted by Gasteiger charge is 2.40. The molecule has 172 valence electrons. The number of hydrogen-bond donors (Lipinski definition) is 1. The summed E-state index contributed by atoms with van der Waals surface area (Å²) < 4.78 is 5.44. The van der Waals surface area contributed by atoms with Gasteiger partial charge >= 0.3 is 12.1 Å². The molecule has 0 aromatic heterocycles. The summed E-state index contributed by atoms with van der Waals surface area (Å²) in [5.74, 6) is -0.727. The van der Waals surface area contributed by atoms with Crippen LogP contribution in [-0.2, 0) is 14.4 Å². The Hall–Kier alpha value is -2.61. The summed E-state index contributed by atoms with van der Waals surface area (Å²) in [5, 5.41) is 0. The van der Waals surface area contributed by atoms with Crippen molar-refractivity contribution in [3.63, 3.8) is 0 Å². The van der Waals surface area contributed by atoms with Gasteiger partial charge in [-0.3, -0.25) is 4.79 Å². The van der Waals surface area contributed by atoms with Crippen LogP contribution in [0.2, 0.25) is 0 Å². The minimum atomic E-state index is -0.740. The molecule has 0 aliphatic carbocycles. The van der Waals surface area contributed by atoms with Gasteiger partial charge in [-0.1, -0.05) is 39.0 Å². The lowest BCUT2D eigenvalue weighted by molar-refractivity contribution is -0.144. The first kappa shape index (κ1) is 24.7. The molecular formula is C23H35N3O5. The number of amides is 2. The third-order valence-electron chi connectivity index (χ3n) is 4.95. The van der Waals surface area contributed by atoms with Gasteiger partial charge in [0.15, 0.2) is 0 Å². The van der Waals surface area contributed by atoms with E-state index in [-0.39, 0.29) is 18.0 Å². The number of hydroxylamine groups is 1. The van der Waals surface area contributed by atoms with Gasteiger partial charge < -0.3 is 19.4 Å². The molecule has 0 bridgehead atoms. The molecule has 0 spiro atoms. The van der Waals surface area contributed by atoms with Gasteiger partial charge in [0.1, 0.15) is 11.6 Å². The maximum atomic E-state index is 13.3. The van der Waals surface area contributed by atoms with Crippen molar-refractivity contribution < 1.29 is 24.0 Å². The number of piperazine rings is 1. The van der Waals surface area contributed by atoms with E-state index in [1.165, 1.54) is 0 Å². The van der Waals surface area contributed by atoms with Gasteiger partial charge in [0.25, 0.3) is 0 Å². The van der Waals surface area contributed by atoms with Crippen molar-refractivity contribution in [2.45, 2.75) is 66.2 Å². The van der Waals surface area contributed by atoms with Crippen molar-refractivity contribution in [3.8, 4) is 0 Å². The van der Waals surface area contributed by atoms with Crippen LogP contribution in [0, 0.1) is 5.41 Å². The Bertz CT molecular complexity index is 783. The van der Waals surface area contributed by atoms with Crippen LogP contribution < -0.4 is 5.48 Å². The smallest absolute Gasteiger partial charge is 0.410 e. The SMILES string of the molecule is CC1CN(C(=O)OC(C)(C)C)CCN1C(=O)C(NOC(=O)c1ccccc1)C(C)(C)C. The van der Waals surface area contributed by atoms with Gasteiger partial charge in [-0.05, 0) is 45.2 Å². The lowest BCUT2D eigenvalue weighted by Gasteiger charge is -2.43. The predicted molar refractivity (Wildman–Crippen MR) is 117 cm³/mol. The Morgan fingerprint density at radius 1 is 1.03 bits per heavy atom. The Morgan fingerprint density at radius 3 is 2.16 bits per heavy atom. The maximum Gasteiger partial charge on any atom is 0.410 e. The molecule has 1 aliphatic rings. The molecule has 1 saturated heterocycles. The van der Waals surface area contributed by atoms with Gasteiger partial charge in [0.2, 0.25) is 5.91 Å². The topological polar surface area (TPSA) is 88.2 Å². The Labute approximate surface area is 184 Å². The average Bonchev–Trinajstić information content (AvgIpc) is 2.66. The van der Waals surface area contributed by atoms with Crippen LogP contribution in [0.1, 0.15) is 58.8 Å². The Kier molecular flexibility index (Phi) is 7.70. The highest BCUT2D eigenvalue weighted by Crippen LogP contribution is 2.24. The van der Waals surface area contributed by atoms with E-state index in [1.807, 2.05) is 54.5 Å². The first-order valence-electron chi connectivity index (χ1n) is 10.6. The van der Waals surface area contributed by atoms with Crippen molar-refractivity contribution in [3.05, 3.63) is 35.9 Å².